The van der Waals surface area contributed by atoms with Crippen molar-refractivity contribution in [2.75, 3.05) is 6.54 Å². The van der Waals surface area contributed by atoms with Gasteiger partial charge in [-0.1, -0.05) is 56.3 Å². The lowest BCUT2D eigenvalue weighted by Crippen LogP contribution is -2.53. The molecule has 1 heterocycles. The second-order valence-corrected chi connectivity index (χ2v) is 8.75. The van der Waals surface area contributed by atoms with Crippen molar-refractivity contribution in [1.29, 1.82) is 0 Å². The number of hydrogen-bond acceptors (Lipinski definition) is 4. The van der Waals surface area contributed by atoms with E-state index in [4.69, 9.17) is 4.74 Å². The Morgan fingerprint density at radius 1 is 1.12 bits per heavy atom. The molecule has 2 N–H and O–H groups in total. The normalized spacial score (nSPS) is 17.6. The molecule has 7 heteroatoms. The summed E-state index contributed by atoms with van der Waals surface area (Å²) in [7, 11) is 0. The molecule has 7 nitrogen and oxygen atoms in total. The van der Waals surface area contributed by atoms with Crippen molar-refractivity contribution in [3.8, 4) is 11.1 Å². The molecule has 0 bridgehead atoms. The maximum Gasteiger partial charge on any atom is 0.408 e. The van der Waals surface area contributed by atoms with Crippen LogP contribution >= 0.6 is 0 Å². The van der Waals surface area contributed by atoms with Crippen LogP contribution in [-0.2, 0) is 27.4 Å². The molecular formula is C25H28N2O5. The Bertz CT molecular complexity index is 1050. The van der Waals surface area contributed by atoms with E-state index in [2.05, 4.69) is 23.5 Å². The first kappa shape index (κ1) is 21.9. The lowest BCUT2D eigenvalue weighted by Gasteiger charge is -2.29. The van der Waals surface area contributed by atoms with Crippen molar-refractivity contribution in [2.24, 2.45) is 5.92 Å². The number of rotatable bonds is 6. The molecule has 0 aromatic heterocycles. The number of alkyl carbamates (subject to hydrolysis) is 1. The van der Waals surface area contributed by atoms with Crippen molar-refractivity contribution in [2.45, 2.75) is 51.8 Å². The molecule has 1 fully saturated rings. The third-order valence-corrected chi connectivity index (χ3v) is 6.33. The van der Waals surface area contributed by atoms with Crippen molar-refractivity contribution in [1.82, 2.24) is 10.2 Å². The Hall–Kier alpha value is -3.35. The minimum Gasteiger partial charge on any atom is -0.480 e. The maximum atomic E-state index is 13.0. The third kappa shape index (κ3) is 4.20. The number of nitrogens with zero attached hydrogens (tertiary/aromatic N) is 1. The molecule has 168 valence electrons. The molecule has 0 radical (unpaired) electrons. The predicted molar refractivity (Wildman–Crippen MR) is 119 cm³/mol. The summed E-state index contributed by atoms with van der Waals surface area (Å²) < 4.78 is 5.48. The highest BCUT2D eigenvalue weighted by atomic mass is 16.5. The summed E-state index contributed by atoms with van der Waals surface area (Å²) in [5, 5.41) is 12.0. The second-order valence-electron chi connectivity index (χ2n) is 8.75. The number of carboxylic acids is 1. The number of amides is 2. The SMILES string of the molecule is CC(C)C(NC(=O)OCc1cccc2c1Cc1ccccc1-2)C(=O)N1CCCC1C(=O)O. The number of fused-ring (bicyclic) bond motifs is 3. The summed E-state index contributed by atoms with van der Waals surface area (Å²) in [5.41, 5.74) is 5.71. The Kier molecular flexibility index (Phi) is 6.17. The molecule has 4 rings (SSSR count). The van der Waals surface area contributed by atoms with Crippen LogP contribution in [0.1, 0.15) is 43.4 Å². The van der Waals surface area contributed by atoms with Gasteiger partial charge in [0.1, 0.15) is 18.7 Å². The van der Waals surface area contributed by atoms with Gasteiger partial charge in [0, 0.05) is 6.54 Å². The third-order valence-electron chi connectivity index (χ3n) is 6.33. The number of carbonyl (C=O) groups excluding carboxylic acids is 2. The van der Waals surface area contributed by atoms with E-state index in [0.717, 1.165) is 23.1 Å². The van der Waals surface area contributed by atoms with Gasteiger partial charge < -0.3 is 20.1 Å². The van der Waals surface area contributed by atoms with E-state index in [9.17, 15) is 19.5 Å². The lowest BCUT2D eigenvalue weighted by atomic mass is 10.0. The van der Waals surface area contributed by atoms with E-state index in [1.165, 1.54) is 16.0 Å². The van der Waals surface area contributed by atoms with E-state index in [-0.39, 0.29) is 18.4 Å². The van der Waals surface area contributed by atoms with Crippen LogP contribution in [0.25, 0.3) is 11.1 Å². The van der Waals surface area contributed by atoms with Gasteiger partial charge in [-0.15, -0.1) is 0 Å². The number of carboxylic acid groups (broad SMARTS) is 1. The van der Waals surface area contributed by atoms with Crippen LogP contribution in [0, 0.1) is 5.92 Å². The average Bonchev–Trinajstić information content (AvgIpc) is 3.40. The molecule has 2 atom stereocenters. The summed E-state index contributed by atoms with van der Waals surface area (Å²) in [6.07, 6.45) is 1.18. The first-order valence-electron chi connectivity index (χ1n) is 11.0. The van der Waals surface area contributed by atoms with Gasteiger partial charge in [0.25, 0.3) is 0 Å². The van der Waals surface area contributed by atoms with Crippen molar-refractivity contribution >= 4 is 18.0 Å². The maximum absolute atomic E-state index is 13.0. The number of aliphatic carboxylic acids is 1. The quantitative estimate of drug-likeness (QED) is 0.616. The van der Waals surface area contributed by atoms with Crippen LogP contribution in [0.2, 0.25) is 0 Å². The lowest BCUT2D eigenvalue weighted by molar-refractivity contribution is -0.149. The summed E-state index contributed by atoms with van der Waals surface area (Å²) in [4.78, 5) is 38.4. The zero-order chi connectivity index (χ0) is 22.8. The first-order chi connectivity index (χ1) is 15.4. The summed E-state index contributed by atoms with van der Waals surface area (Å²) in [6, 6.07) is 12.5. The molecule has 2 amide bonds. The monoisotopic (exact) mass is 436 g/mol. The standard InChI is InChI=1S/C25H28N2O5/c1-15(2)22(23(28)27-12-6-11-21(27)24(29)30)26-25(31)32-14-17-8-5-10-19-18-9-4-3-7-16(18)13-20(17)19/h3-5,7-10,15,21-22H,6,11-14H2,1-2H3,(H,26,31)(H,29,30). The fourth-order valence-electron chi connectivity index (χ4n) is 4.65. The van der Waals surface area contributed by atoms with Gasteiger partial charge in [-0.3, -0.25) is 4.79 Å². The highest BCUT2D eigenvalue weighted by molar-refractivity contribution is 5.90. The van der Waals surface area contributed by atoms with E-state index >= 15 is 0 Å². The summed E-state index contributed by atoms with van der Waals surface area (Å²) in [6.45, 7) is 4.11. The average molecular weight is 437 g/mol. The van der Waals surface area contributed by atoms with Crippen LogP contribution in [0.4, 0.5) is 4.79 Å². The zero-order valence-corrected chi connectivity index (χ0v) is 18.3. The number of carbonyl (C=O) groups is 3. The fourth-order valence-corrected chi connectivity index (χ4v) is 4.65. The fraction of sp³-hybridized carbons (Fsp3) is 0.400. The largest absolute Gasteiger partial charge is 0.480 e. The van der Waals surface area contributed by atoms with Gasteiger partial charge in [-0.05, 0) is 53.0 Å². The highest BCUT2D eigenvalue weighted by Gasteiger charge is 2.38. The minimum absolute atomic E-state index is 0.101. The summed E-state index contributed by atoms with van der Waals surface area (Å²) >= 11 is 0. The number of benzene rings is 2. The predicted octanol–water partition coefficient (Wildman–Crippen LogP) is 3.58. The molecule has 0 spiro atoms. The Morgan fingerprint density at radius 3 is 2.62 bits per heavy atom. The van der Waals surface area contributed by atoms with E-state index in [0.29, 0.717) is 19.4 Å². The first-order valence-corrected chi connectivity index (χ1v) is 11.0. The Balaban J connectivity index is 1.41. The molecule has 2 aromatic rings. The molecule has 1 saturated heterocycles. The number of ether oxygens (including phenoxy) is 1. The van der Waals surface area contributed by atoms with Gasteiger partial charge in [-0.25, -0.2) is 9.59 Å². The minimum atomic E-state index is -1.01. The molecule has 32 heavy (non-hydrogen) atoms. The molecule has 0 saturated carbocycles. The van der Waals surface area contributed by atoms with E-state index in [1.807, 2.05) is 38.1 Å². The topological polar surface area (TPSA) is 95.9 Å². The van der Waals surface area contributed by atoms with Crippen LogP contribution in [0.3, 0.4) is 0 Å². The van der Waals surface area contributed by atoms with E-state index in [1.54, 1.807) is 0 Å². The Labute approximate surface area is 187 Å². The van der Waals surface area contributed by atoms with Crippen molar-refractivity contribution in [3.63, 3.8) is 0 Å². The molecule has 2 aliphatic rings. The number of likely N-dealkylation sites (tertiary alicyclic amines) is 1. The van der Waals surface area contributed by atoms with Crippen molar-refractivity contribution in [3.05, 3.63) is 59.2 Å². The van der Waals surface area contributed by atoms with Crippen LogP contribution in [0.15, 0.2) is 42.5 Å². The number of hydrogen-bond donors (Lipinski definition) is 2. The van der Waals surface area contributed by atoms with E-state index < -0.39 is 24.1 Å². The molecule has 1 aliphatic carbocycles. The molecule has 1 aliphatic heterocycles. The van der Waals surface area contributed by atoms with Gasteiger partial charge in [0.2, 0.25) is 5.91 Å². The van der Waals surface area contributed by atoms with Crippen LogP contribution in [-0.4, -0.2) is 46.6 Å². The Morgan fingerprint density at radius 2 is 1.88 bits per heavy atom. The molecular weight excluding hydrogens is 408 g/mol. The van der Waals surface area contributed by atoms with Gasteiger partial charge >= 0.3 is 12.1 Å². The van der Waals surface area contributed by atoms with Gasteiger partial charge in [0.15, 0.2) is 0 Å². The highest BCUT2D eigenvalue weighted by Crippen LogP contribution is 2.38. The van der Waals surface area contributed by atoms with Crippen LogP contribution < -0.4 is 5.32 Å². The molecule has 2 aromatic carbocycles. The summed E-state index contributed by atoms with van der Waals surface area (Å²) in [5.74, 6) is -1.60. The van der Waals surface area contributed by atoms with Crippen molar-refractivity contribution < 1.29 is 24.2 Å². The smallest absolute Gasteiger partial charge is 0.408 e. The van der Waals surface area contributed by atoms with Gasteiger partial charge in [0.05, 0.1) is 0 Å². The number of nitrogens with one attached hydrogen (secondary N) is 1. The van der Waals surface area contributed by atoms with Crippen LogP contribution in [0.5, 0.6) is 0 Å². The second kappa shape index (κ2) is 9.02. The molecule has 2 unspecified atom stereocenters. The zero-order valence-electron chi connectivity index (χ0n) is 18.3. The van der Waals surface area contributed by atoms with Gasteiger partial charge in [-0.2, -0.15) is 0 Å².